The zero-order chi connectivity index (χ0) is 15.1. The van der Waals surface area contributed by atoms with Crippen molar-refractivity contribution in [3.8, 4) is 0 Å². The zero-order valence-corrected chi connectivity index (χ0v) is 12.4. The van der Waals surface area contributed by atoms with Crippen molar-refractivity contribution in [2.24, 2.45) is 0 Å². The number of likely N-dealkylation sites (N-methyl/N-ethyl adjacent to an activating group) is 1. The van der Waals surface area contributed by atoms with E-state index in [0.29, 0.717) is 24.3 Å². The van der Waals surface area contributed by atoms with Gasteiger partial charge in [-0.15, -0.1) is 0 Å². The molecule has 0 spiro atoms. The van der Waals surface area contributed by atoms with Gasteiger partial charge in [0.25, 0.3) is 0 Å². The van der Waals surface area contributed by atoms with E-state index in [1.165, 1.54) is 6.07 Å². The lowest BCUT2D eigenvalue weighted by Gasteiger charge is -2.46. The molecule has 1 amide bonds. The molecule has 0 radical (unpaired) electrons. The van der Waals surface area contributed by atoms with Crippen molar-refractivity contribution in [3.63, 3.8) is 0 Å². The SMILES string of the molecule is C[C@H](O)c1ccc(N2CCN(C)C(=O)C2(C)C)c(F)c1. The highest BCUT2D eigenvalue weighted by Gasteiger charge is 2.41. The van der Waals surface area contributed by atoms with Gasteiger partial charge in [0.05, 0.1) is 11.8 Å². The van der Waals surface area contributed by atoms with Gasteiger partial charge in [0.2, 0.25) is 5.91 Å². The van der Waals surface area contributed by atoms with Gasteiger partial charge >= 0.3 is 0 Å². The predicted octanol–water partition coefficient (Wildman–Crippen LogP) is 1.94. The molecule has 0 aliphatic carbocycles. The number of rotatable bonds is 2. The van der Waals surface area contributed by atoms with E-state index >= 15 is 0 Å². The third-order valence-electron chi connectivity index (χ3n) is 3.95. The number of benzene rings is 1. The monoisotopic (exact) mass is 280 g/mol. The Labute approximate surface area is 118 Å². The summed E-state index contributed by atoms with van der Waals surface area (Å²) in [6.07, 6.45) is -0.708. The highest BCUT2D eigenvalue weighted by molar-refractivity contribution is 5.90. The van der Waals surface area contributed by atoms with E-state index in [0.717, 1.165) is 0 Å². The fourth-order valence-corrected chi connectivity index (χ4v) is 2.64. The molecule has 1 aliphatic rings. The Morgan fingerprint density at radius 3 is 2.55 bits per heavy atom. The summed E-state index contributed by atoms with van der Waals surface area (Å²) < 4.78 is 14.3. The van der Waals surface area contributed by atoms with Gasteiger partial charge in [-0.3, -0.25) is 4.79 Å². The lowest BCUT2D eigenvalue weighted by Crippen LogP contribution is -2.62. The maximum Gasteiger partial charge on any atom is 0.247 e. The van der Waals surface area contributed by atoms with Crippen molar-refractivity contribution in [2.75, 3.05) is 25.0 Å². The molecule has 4 nitrogen and oxygen atoms in total. The maximum atomic E-state index is 14.3. The quantitative estimate of drug-likeness (QED) is 0.900. The minimum atomic E-state index is -0.778. The topological polar surface area (TPSA) is 43.8 Å². The van der Waals surface area contributed by atoms with E-state index in [9.17, 15) is 14.3 Å². The first kappa shape index (κ1) is 14.8. The number of anilines is 1. The number of amides is 1. The van der Waals surface area contributed by atoms with E-state index in [-0.39, 0.29) is 5.91 Å². The number of hydrogen-bond donors (Lipinski definition) is 1. The third-order valence-corrected chi connectivity index (χ3v) is 3.95. The first-order valence-electron chi connectivity index (χ1n) is 6.76. The minimum absolute atomic E-state index is 0.0252. The Hall–Kier alpha value is -1.62. The average molecular weight is 280 g/mol. The van der Waals surface area contributed by atoms with Gasteiger partial charge < -0.3 is 14.9 Å². The van der Waals surface area contributed by atoms with Crippen LogP contribution in [0.15, 0.2) is 18.2 Å². The molecule has 0 saturated carbocycles. The number of nitrogens with zero attached hydrogens (tertiary/aromatic N) is 2. The molecule has 1 N–H and O–H groups in total. The molecule has 1 aromatic rings. The number of aliphatic hydroxyl groups is 1. The van der Waals surface area contributed by atoms with E-state index in [2.05, 4.69) is 0 Å². The smallest absolute Gasteiger partial charge is 0.247 e. The van der Waals surface area contributed by atoms with Crippen molar-refractivity contribution in [1.82, 2.24) is 4.90 Å². The van der Waals surface area contributed by atoms with Crippen LogP contribution in [-0.4, -0.2) is 41.6 Å². The Balaban J connectivity index is 2.39. The maximum absolute atomic E-state index is 14.3. The Bertz CT molecular complexity index is 529. The van der Waals surface area contributed by atoms with Crippen molar-refractivity contribution in [3.05, 3.63) is 29.6 Å². The Morgan fingerprint density at radius 2 is 2.00 bits per heavy atom. The summed E-state index contributed by atoms with van der Waals surface area (Å²) in [5.41, 5.74) is 0.158. The number of hydrogen-bond acceptors (Lipinski definition) is 3. The van der Waals surface area contributed by atoms with Gasteiger partial charge in [0.1, 0.15) is 11.4 Å². The molecule has 0 bridgehead atoms. The largest absolute Gasteiger partial charge is 0.389 e. The number of carbonyl (C=O) groups excluding carboxylic acids is 1. The molecular formula is C15H21FN2O2. The Morgan fingerprint density at radius 1 is 1.35 bits per heavy atom. The second-order valence-electron chi connectivity index (χ2n) is 5.82. The molecule has 20 heavy (non-hydrogen) atoms. The Kier molecular flexibility index (Phi) is 3.73. The summed E-state index contributed by atoms with van der Waals surface area (Å²) in [6.45, 7) is 6.35. The summed E-state index contributed by atoms with van der Waals surface area (Å²) in [7, 11) is 1.76. The predicted molar refractivity (Wildman–Crippen MR) is 76.1 cm³/mol. The summed E-state index contributed by atoms with van der Waals surface area (Å²) >= 11 is 0. The molecule has 1 fully saturated rings. The van der Waals surface area contributed by atoms with Crippen LogP contribution in [-0.2, 0) is 4.79 Å². The van der Waals surface area contributed by atoms with Gasteiger partial charge in [0, 0.05) is 20.1 Å². The summed E-state index contributed by atoms with van der Waals surface area (Å²) in [5, 5.41) is 9.49. The number of halogens is 1. The highest BCUT2D eigenvalue weighted by atomic mass is 19.1. The van der Waals surface area contributed by atoms with Gasteiger partial charge in [-0.25, -0.2) is 4.39 Å². The number of piperazine rings is 1. The van der Waals surface area contributed by atoms with Crippen LogP contribution in [0.1, 0.15) is 32.4 Å². The second-order valence-corrected chi connectivity index (χ2v) is 5.82. The molecule has 0 aromatic heterocycles. The molecule has 1 heterocycles. The van der Waals surface area contributed by atoms with Crippen LogP contribution in [0.3, 0.4) is 0 Å². The first-order valence-corrected chi connectivity index (χ1v) is 6.76. The zero-order valence-electron chi connectivity index (χ0n) is 12.4. The standard InChI is InChI=1S/C15H21FN2O2/c1-10(19)11-5-6-13(12(16)9-11)18-8-7-17(4)14(20)15(18,2)3/h5-6,9-10,19H,7-8H2,1-4H3/t10-/m0/s1. The van der Waals surface area contributed by atoms with E-state index in [1.807, 2.05) is 0 Å². The van der Waals surface area contributed by atoms with E-state index in [1.54, 1.807) is 49.8 Å². The van der Waals surface area contributed by atoms with Crippen LogP contribution in [0.4, 0.5) is 10.1 Å². The highest BCUT2D eigenvalue weighted by Crippen LogP contribution is 2.31. The van der Waals surface area contributed by atoms with Gasteiger partial charge in [-0.05, 0) is 38.5 Å². The van der Waals surface area contributed by atoms with Crippen LogP contribution >= 0.6 is 0 Å². The molecule has 1 atom stereocenters. The molecule has 1 saturated heterocycles. The van der Waals surface area contributed by atoms with E-state index in [4.69, 9.17) is 0 Å². The summed E-state index contributed by atoms with van der Waals surface area (Å²) in [5.74, 6) is -0.434. The molecular weight excluding hydrogens is 259 g/mol. The van der Waals surface area contributed by atoms with Crippen LogP contribution < -0.4 is 4.90 Å². The van der Waals surface area contributed by atoms with Crippen molar-refractivity contribution in [1.29, 1.82) is 0 Å². The number of carbonyl (C=O) groups is 1. The molecule has 1 aromatic carbocycles. The summed E-state index contributed by atoms with van der Waals surface area (Å²) in [6, 6.07) is 4.67. The molecule has 110 valence electrons. The third kappa shape index (κ3) is 2.38. The van der Waals surface area contributed by atoms with Gasteiger partial charge in [-0.1, -0.05) is 6.07 Å². The van der Waals surface area contributed by atoms with Gasteiger partial charge in [0.15, 0.2) is 0 Å². The van der Waals surface area contributed by atoms with Crippen molar-refractivity contribution >= 4 is 11.6 Å². The van der Waals surface area contributed by atoms with Crippen LogP contribution in [0.2, 0.25) is 0 Å². The normalized spacial score (nSPS) is 20.2. The van der Waals surface area contributed by atoms with Crippen LogP contribution in [0.5, 0.6) is 0 Å². The molecule has 5 heteroatoms. The molecule has 0 unspecified atom stereocenters. The average Bonchev–Trinajstić information content (AvgIpc) is 2.37. The molecule has 2 rings (SSSR count). The lowest BCUT2D eigenvalue weighted by molar-refractivity contribution is -0.136. The second kappa shape index (κ2) is 5.05. The summed E-state index contributed by atoms with van der Waals surface area (Å²) in [4.78, 5) is 15.7. The molecule has 1 aliphatic heterocycles. The van der Waals surface area contributed by atoms with Crippen molar-refractivity contribution < 1.29 is 14.3 Å². The fourth-order valence-electron chi connectivity index (χ4n) is 2.64. The first-order chi connectivity index (χ1) is 9.25. The van der Waals surface area contributed by atoms with Crippen LogP contribution in [0.25, 0.3) is 0 Å². The number of aliphatic hydroxyl groups excluding tert-OH is 1. The van der Waals surface area contributed by atoms with E-state index < -0.39 is 17.5 Å². The fraction of sp³-hybridized carbons (Fsp3) is 0.533. The van der Waals surface area contributed by atoms with Crippen LogP contribution in [0, 0.1) is 5.82 Å². The minimum Gasteiger partial charge on any atom is -0.389 e. The van der Waals surface area contributed by atoms with Crippen molar-refractivity contribution in [2.45, 2.75) is 32.4 Å². The lowest BCUT2D eigenvalue weighted by atomic mass is 9.96. The van der Waals surface area contributed by atoms with Gasteiger partial charge in [-0.2, -0.15) is 0 Å².